The highest BCUT2D eigenvalue weighted by atomic mass is 16.5. The van der Waals surface area contributed by atoms with E-state index < -0.39 is 0 Å². The van der Waals surface area contributed by atoms with Crippen LogP contribution in [-0.4, -0.2) is 36.4 Å². The molecule has 1 aliphatic rings. The van der Waals surface area contributed by atoms with Crippen LogP contribution in [0.1, 0.15) is 0 Å². The molecule has 1 saturated heterocycles. The minimum Gasteiger partial charge on any atom is -0.378 e. The average molecular weight is 170 g/mol. The predicted octanol–water partition coefficient (Wildman–Crippen LogP) is -0.512. The number of morpholine rings is 1. The fraction of sp³-hybridized carbons (Fsp3) is 0.667. The summed E-state index contributed by atoms with van der Waals surface area (Å²) in [5.41, 5.74) is 5.29. The first kappa shape index (κ1) is 7.35. The number of ether oxygens (including phenoxy) is 1. The van der Waals surface area contributed by atoms with Crippen LogP contribution in [0, 0.1) is 0 Å². The highest BCUT2D eigenvalue weighted by molar-refractivity contribution is 5.31. The van der Waals surface area contributed by atoms with Crippen molar-refractivity contribution in [3.63, 3.8) is 0 Å². The Morgan fingerprint density at radius 2 is 2.08 bits per heavy atom. The molecule has 0 spiro atoms. The number of nitrogens with zero attached hydrogens (tertiary/aromatic N) is 3. The monoisotopic (exact) mass is 170 g/mol. The molecule has 0 saturated carbocycles. The summed E-state index contributed by atoms with van der Waals surface area (Å²) >= 11 is 0. The van der Waals surface area contributed by atoms with E-state index in [-0.39, 0.29) is 6.01 Å². The van der Waals surface area contributed by atoms with Crippen LogP contribution in [0.5, 0.6) is 0 Å². The fourth-order valence-electron chi connectivity index (χ4n) is 1.12. The van der Waals surface area contributed by atoms with Crippen molar-refractivity contribution in [3.8, 4) is 0 Å². The van der Waals surface area contributed by atoms with E-state index in [1.807, 2.05) is 4.90 Å². The molecule has 1 aromatic heterocycles. The van der Waals surface area contributed by atoms with Crippen LogP contribution in [0.3, 0.4) is 0 Å². The molecule has 2 rings (SSSR count). The number of nitrogen functional groups attached to an aromatic ring is 1. The first-order chi connectivity index (χ1) is 5.86. The van der Waals surface area contributed by atoms with Crippen LogP contribution in [0.2, 0.25) is 0 Å². The number of hydrogen-bond acceptors (Lipinski definition) is 6. The van der Waals surface area contributed by atoms with Crippen molar-refractivity contribution in [1.82, 2.24) is 10.1 Å². The molecule has 0 unspecified atom stereocenters. The Morgan fingerprint density at radius 3 is 2.67 bits per heavy atom. The largest absolute Gasteiger partial charge is 0.378 e. The van der Waals surface area contributed by atoms with Crippen molar-refractivity contribution in [2.45, 2.75) is 0 Å². The number of rotatable bonds is 1. The standard InChI is InChI=1S/C6H10N4O2/c7-5-8-6(9-12-5)10-1-3-11-4-2-10/h1-4H2,(H2,7,8,9). The second-order valence-electron chi connectivity index (χ2n) is 2.53. The smallest absolute Gasteiger partial charge is 0.320 e. The number of nitrogens with two attached hydrogens (primary N) is 1. The van der Waals surface area contributed by atoms with Gasteiger partial charge in [0.1, 0.15) is 0 Å². The molecule has 66 valence electrons. The third-order valence-electron chi connectivity index (χ3n) is 1.72. The number of aromatic nitrogens is 2. The maximum Gasteiger partial charge on any atom is 0.320 e. The van der Waals surface area contributed by atoms with Gasteiger partial charge in [-0.15, -0.1) is 0 Å². The first-order valence-electron chi connectivity index (χ1n) is 3.78. The van der Waals surface area contributed by atoms with Crippen molar-refractivity contribution in [1.29, 1.82) is 0 Å². The van der Waals surface area contributed by atoms with E-state index in [1.54, 1.807) is 0 Å². The van der Waals surface area contributed by atoms with Crippen molar-refractivity contribution in [2.24, 2.45) is 0 Å². The van der Waals surface area contributed by atoms with E-state index in [1.165, 1.54) is 0 Å². The molecule has 0 bridgehead atoms. The number of anilines is 2. The summed E-state index contributed by atoms with van der Waals surface area (Å²) in [4.78, 5) is 5.88. The third-order valence-corrected chi connectivity index (χ3v) is 1.72. The van der Waals surface area contributed by atoms with Gasteiger partial charge in [-0.05, 0) is 5.16 Å². The summed E-state index contributed by atoms with van der Waals surface area (Å²) in [7, 11) is 0. The Labute approximate surface area is 69.3 Å². The molecule has 1 aromatic rings. The lowest BCUT2D eigenvalue weighted by atomic mass is 10.4. The second kappa shape index (κ2) is 2.98. The van der Waals surface area contributed by atoms with Crippen molar-refractivity contribution in [3.05, 3.63) is 0 Å². The van der Waals surface area contributed by atoms with Gasteiger partial charge in [0.15, 0.2) is 0 Å². The molecule has 1 fully saturated rings. The van der Waals surface area contributed by atoms with E-state index >= 15 is 0 Å². The van der Waals surface area contributed by atoms with Crippen molar-refractivity contribution in [2.75, 3.05) is 36.9 Å². The number of hydrogen-bond donors (Lipinski definition) is 1. The molecule has 0 aliphatic carbocycles. The molecule has 2 N–H and O–H groups in total. The molecule has 0 atom stereocenters. The maximum atomic E-state index is 5.29. The zero-order valence-corrected chi connectivity index (χ0v) is 6.56. The lowest BCUT2D eigenvalue weighted by Crippen LogP contribution is -2.36. The fourth-order valence-corrected chi connectivity index (χ4v) is 1.12. The van der Waals surface area contributed by atoms with Gasteiger partial charge in [-0.3, -0.25) is 0 Å². The SMILES string of the molecule is Nc1nc(N2CCOCC2)no1. The van der Waals surface area contributed by atoms with Gasteiger partial charge in [0, 0.05) is 13.1 Å². The van der Waals surface area contributed by atoms with E-state index in [9.17, 15) is 0 Å². The lowest BCUT2D eigenvalue weighted by Gasteiger charge is -2.24. The highest BCUT2D eigenvalue weighted by Crippen LogP contribution is 2.11. The Kier molecular flexibility index (Phi) is 1.83. The second-order valence-corrected chi connectivity index (χ2v) is 2.53. The predicted molar refractivity (Wildman–Crippen MR) is 41.7 cm³/mol. The van der Waals surface area contributed by atoms with E-state index in [0.29, 0.717) is 19.2 Å². The van der Waals surface area contributed by atoms with Crippen LogP contribution in [-0.2, 0) is 4.74 Å². The third kappa shape index (κ3) is 1.33. The highest BCUT2D eigenvalue weighted by Gasteiger charge is 2.15. The average Bonchev–Trinajstić information content (AvgIpc) is 2.54. The molecule has 6 nitrogen and oxygen atoms in total. The van der Waals surface area contributed by atoms with Gasteiger partial charge in [0.2, 0.25) is 0 Å². The van der Waals surface area contributed by atoms with Gasteiger partial charge in [0.05, 0.1) is 13.2 Å². The topological polar surface area (TPSA) is 77.4 Å². The van der Waals surface area contributed by atoms with E-state index in [2.05, 4.69) is 14.7 Å². The van der Waals surface area contributed by atoms with Gasteiger partial charge < -0.3 is 19.9 Å². The molecule has 12 heavy (non-hydrogen) atoms. The molecule has 0 radical (unpaired) electrons. The molecule has 2 heterocycles. The molecular formula is C6H10N4O2. The van der Waals surface area contributed by atoms with Crippen LogP contribution in [0.4, 0.5) is 12.0 Å². The van der Waals surface area contributed by atoms with Gasteiger partial charge in [-0.25, -0.2) is 0 Å². The van der Waals surface area contributed by atoms with Crippen LogP contribution in [0.15, 0.2) is 4.52 Å². The summed E-state index contributed by atoms with van der Waals surface area (Å²) in [6.45, 7) is 2.99. The first-order valence-corrected chi connectivity index (χ1v) is 3.78. The summed E-state index contributed by atoms with van der Waals surface area (Å²) in [6, 6.07) is 0.108. The van der Waals surface area contributed by atoms with Gasteiger partial charge in [-0.1, -0.05) is 0 Å². The van der Waals surface area contributed by atoms with Crippen LogP contribution < -0.4 is 10.6 Å². The minimum absolute atomic E-state index is 0.108. The van der Waals surface area contributed by atoms with Gasteiger partial charge in [-0.2, -0.15) is 4.98 Å². The molecule has 0 amide bonds. The molecular weight excluding hydrogens is 160 g/mol. The normalized spacial score (nSPS) is 18.2. The summed E-state index contributed by atoms with van der Waals surface area (Å²) in [5, 5.41) is 3.70. The summed E-state index contributed by atoms with van der Waals surface area (Å²) < 4.78 is 9.82. The van der Waals surface area contributed by atoms with E-state index in [4.69, 9.17) is 10.5 Å². The Hall–Kier alpha value is -1.30. The van der Waals surface area contributed by atoms with E-state index in [0.717, 1.165) is 13.1 Å². The Balaban J connectivity index is 2.08. The van der Waals surface area contributed by atoms with Crippen molar-refractivity contribution >= 4 is 12.0 Å². The Morgan fingerprint density at radius 1 is 1.33 bits per heavy atom. The zero-order valence-electron chi connectivity index (χ0n) is 6.56. The van der Waals surface area contributed by atoms with Gasteiger partial charge in [0.25, 0.3) is 5.95 Å². The molecule has 6 heteroatoms. The molecule has 0 aromatic carbocycles. The zero-order chi connectivity index (χ0) is 8.39. The summed E-state index contributed by atoms with van der Waals surface area (Å²) in [5.74, 6) is 0.552. The van der Waals surface area contributed by atoms with Crippen molar-refractivity contribution < 1.29 is 9.26 Å². The summed E-state index contributed by atoms with van der Waals surface area (Å²) in [6.07, 6.45) is 0. The van der Waals surface area contributed by atoms with Crippen LogP contribution in [0.25, 0.3) is 0 Å². The quantitative estimate of drug-likeness (QED) is 0.611. The van der Waals surface area contributed by atoms with Crippen LogP contribution >= 0.6 is 0 Å². The Bertz CT molecular complexity index is 256. The lowest BCUT2D eigenvalue weighted by molar-refractivity contribution is 0.121. The molecule has 1 aliphatic heterocycles. The maximum absolute atomic E-state index is 5.29. The van der Waals surface area contributed by atoms with Gasteiger partial charge >= 0.3 is 6.01 Å². The minimum atomic E-state index is 0.108.